The molecule has 1 aromatic heterocycles. The van der Waals surface area contributed by atoms with Crippen molar-refractivity contribution < 1.29 is 13.9 Å². The minimum Gasteiger partial charge on any atom is -0.376 e. The van der Waals surface area contributed by atoms with Crippen LogP contribution in [0.1, 0.15) is 42.6 Å². The molecule has 0 spiro atoms. The average molecular weight is 504 g/mol. The molecule has 6 nitrogen and oxygen atoms in total. The van der Waals surface area contributed by atoms with E-state index in [1.165, 1.54) is 23.9 Å². The summed E-state index contributed by atoms with van der Waals surface area (Å²) in [6.45, 7) is 5.69. The molecule has 3 aromatic rings. The predicted octanol–water partition coefficient (Wildman–Crippen LogP) is 5.05. The largest absolute Gasteiger partial charge is 0.376 e. The van der Waals surface area contributed by atoms with Crippen LogP contribution < -0.4 is 10.9 Å². The van der Waals surface area contributed by atoms with E-state index in [0.29, 0.717) is 58.0 Å². The molecular weight excluding hydrogens is 477 g/mol. The Morgan fingerprint density at radius 1 is 1.32 bits per heavy atom. The molecule has 1 saturated heterocycles. The van der Waals surface area contributed by atoms with E-state index in [9.17, 15) is 14.0 Å². The summed E-state index contributed by atoms with van der Waals surface area (Å²) in [5, 5.41) is 4.17. The summed E-state index contributed by atoms with van der Waals surface area (Å²) in [6.07, 6.45) is 1.79. The van der Waals surface area contributed by atoms with Gasteiger partial charge in [0.05, 0.1) is 23.6 Å². The second-order valence-electron chi connectivity index (χ2n) is 8.81. The third-order valence-corrected chi connectivity index (χ3v) is 7.01. The number of carbonyl (C=O) groups is 1. The highest BCUT2D eigenvalue weighted by atomic mass is 35.5. The number of rotatable bonds is 8. The maximum absolute atomic E-state index is 13.4. The first-order valence-electron chi connectivity index (χ1n) is 11.3. The van der Waals surface area contributed by atoms with Crippen molar-refractivity contribution in [3.63, 3.8) is 0 Å². The molecule has 180 valence electrons. The summed E-state index contributed by atoms with van der Waals surface area (Å²) >= 11 is 7.55. The highest BCUT2D eigenvalue weighted by molar-refractivity contribution is 7.98. The highest BCUT2D eigenvalue weighted by Gasteiger charge is 2.21. The first kappa shape index (κ1) is 24.7. The van der Waals surface area contributed by atoms with E-state index in [4.69, 9.17) is 21.3 Å². The smallest absolute Gasteiger partial charge is 0.262 e. The van der Waals surface area contributed by atoms with Crippen molar-refractivity contribution in [3.05, 3.63) is 68.7 Å². The van der Waals surface area contributed by atoms with Crippen molar-refractivity contribution in [1.29, 1.82) is 0 Å². The highest BCUT2D eigenvalue weighted by Crippen LogP contribution is 2.28. The molecule has 2 heterocycles. The molecule has 9 heteroatoms. The van der Waals surface area contributed by atoms with Gasteiger partial charge in [0.25, 0.3) is 11.5 Å². The summed E-state index contributed by atoms with van der Waals surface area (Å²) in [5.41, 5.74) is 1.48. The fourth-order valence-corrected chi connectivity index (χ4v) is 5.11. The summed E-state index contributed by atoms with van der Waals surface area (Å²) < 4.78 is 20.8. The molecular formula is C25H27ClFN3O3S. The molecule has 1 fully saturated rings. The summed E-state index contributed by atoms with van der Waals surface area (Å²) in [5.74, 6) is 0.139. The maximum atomic E-state index is 13.4. The van der Waals surface area contributed by atoms with E-state index in [1.54, 1.807) is 28.8 Å². The van der Waals surface area contributed by atoms with E-state index in [2.05, 4.69) is 5.32 Å². The van der Waals surface area contributed by atoms with Crippen LogP contribution >= 0.6 is 23.4 Å². The summed E-state index contributed by atoms with van der Waals surface area (Å²) in [6, 6.07) is 9.22. The molecule has 1 unspecified atom stereocenters. The monoisotopic (exact) mass is 503 g/mol. The van der Waals surface area contributed by atoms with Crippen LogP contribution in [0, 0.1) is 11.7 Å². The molecule has 0 saturated carbocycles. The van der Waals surface area contributed by atoms with E-state index < -0.39 is 5.82 Å². The number of benzene rings is 2. The lowest BCUT2D eigenvalue weighted by Gasteiger charge is -2.17. The number of nitrogens with one attached hydrogen (secondary N) is 1. The number of carbonyl (C=O) groups excluding carboxylic acids is 1. The summed E-state index contributed by atoms with van der Waals surface area (Å²) in [4.78, 5) is 30.7. The van der Waals surface area contributed by atoms with Crippen molar-refractivity contribution in [1.82, 2.24) is 14.9 Å². The Kier molecular flexibility index (Phi) is 7.91. The van der Waals surface area contributed by atoms with E-state index >= 15 is 0 Å². The van der Waals surface area contributed by atoms with Gasteiger partial charge in [0.1, 0.15) is 5.82 Å². The van der Waals surface area contributed by atoms with E-state index in [1.807, 2.05) is 13.8 Å². The molecule has 2 aromatic carbocycles. The number of thioether (sulfide) groups is 1. The number of halogens is 2. The molecule has 0 bridgehead atoms. The molecule has 0 aliphatic carbocycles. The quantitative estimate of drug-likeness (QED) is 0.344. The third-order valence-electron chi connectivity index (χ3n) is 5.64. The third kappa shape index (κ3) is 5.79. The Bertz CT molecular complexity index is 1260. The lowest BCUT2D eigenvalue weighted by Crippen LogP contribution is -2.29. The Balaban J connectivity index is 1.69. The lowest BCUT2D eigenvalue weighted by atomic mass is 10.1. The average Bonchev–Trinajstić information content (AvgIpc) is 3.32. The van der Waals surface area contributed by atoms with E-state index in [0.717, 1.165) is 18.4 Å². The van der Waals surface area contributed by atoms with Crippen molar-refractivity contribution in [3.8, 4) is 0 Å². The van der Waals surface area contributed by atoms with Crippen molar-refractivity contribution in [2.75, 3.05) is 13.2 Å². The van der Waals surface area contributed by atoms with Crippen LogP contribution in [0.2, 0.25) is 5.02 Å². The Labute approximate surface area is 206 Å². The zero-order valence-corrected chi connectivity index (χ0v) is 20.7. The van der Waals surface area contributed by atoms with Gasteiger partial charge in [-0.2, -0.15) is 0 Å². The van der Waals surface area contributed by atoms with Crippen LogP contribution in [0.5, 0.6) is 0 Å². The van der Waals surface area contributed by atoms with Crippen LogP contribution in [0.3, 0.4) is 0 Å². The molecule has 4 rings (SSSR count). The topological polar surface area (TPSA) is 73.2 Å². The van der Waals surface area contributed by atoms with E-state index in [-0.39, 0.29) is 17.6 Å². The number of amides is 1. The first-order valence-corrected chi connectivity index (χ1v) is 12.7. The zero-order valence-electron chi connectivity index (χ0n) is 19.1. The summed E-state index contributed by atoms with van der Waals surface area (Å²) in [7, 11) is 0. The maximum Gasteiger partial charge on any atom is 0.262 e. The minimum atomic E-state index is -0.402. The van der Waals surface area contributed by atoms with Gasteiger partial charge in [-0.1, -0.05) is 43.3 Å². The number of hydrogen-bond donors (Lipinski definition) is 1. The first-order chi connectivity index (χ1) is 16.3. The Morgan fingerprint density at radius 3 is 2.85 bits per heavy atom. The van der Waals surface area contributed by atoms with Gasteiger partial charge in [-0.05, 0) is 54.7 Å². The fraction of sp³-hybridized carbons (Fsp3) is 0.400. The Hall–Kier alpha value is -2.42. The SMILES string of the molecule is CC(C)CNC(=O)c1ccc2c(=O)n(CC3CCCO3)c(SCc3ccc(F)cc3Cl)nc2c1. The van der Waals surface area contributed by atoms with Crippen molar-refractivity contribution in [2.45, 2.75) is 50.2 Å². The minimum absolute atomic E-state index is 0.0493. The zero-order chi connectivity index (χ0) is 24.2. The van der Waals surface area contributed by atoms with Crippen LogP contribution in [-0.4, -0.2) is 34.7 Å². The number of aromatic nitrogens is 2. The number of nitrogens with zero attached hydrogens (tertiary/aromatic N) is 2. The van der Waals surface area contributed by atoms with Crippen molar-refractivity contribution >= 4 is 40.2 Å². The van der Waals surface area contributed by atoms with Gasteiger partial charge in [-0.25, -0.2) is 9.37 Å². The van der Waals surface area contributed by atoms with Crippen LogP contribution in [0.4, 0.5) is 4.39 Å². The Morgan fingerprint density at radius 2 is 2.15 bits per heavy atom. The van der Waals surface area contributed by atoms with Gasteiger partial charge >= 0.3 is 0 Å². The molecule has 1 aliphatic heterocycles. The van der Waals surface area contributed by atoms with Gasteiger partial charge in [0, 0.05) is 29.5 Å². The molecule has 34 heavy (non-hydrogen) atoms. The van der Waals surface area contributed by atoms with Gasteiger partial charge in [-0.15, -0.1) is 0 Å². The molecule has 1 amide bonds. The number of fused-ring (bicyclic) bond motifs is 1. The second-order valence-corrected chi connectivity index (χ2v) is 10.2. The number of hydrogen-bond acceptors (Lipinski definition) is 5. The predicted molar refractivity (Wildman–Crippen MR) is 133 cm³/mol. The van der Waals surface area contributed by atoms with Gasteiger partial charge in [0.15, 0.2) is 5.16 Å². The molecule has 1 atom stereocenters. The lowest BCUT2D eigenvalue weighted by molar-refractivity contribution is 0.0937. The van der Waals surface area contributed by atoms with Crippen LogP contribution in [-0.2, 0) is 17.0 Å². The van der Waals surface area contributed by atoms with Crippen LogP contribution in [0.25, 0.3) is 10.9 Å². The number of ether oxygens (including phenoxy) is 1. The van der Waals surface area contributed by atoms with Gasteiger partial charge < -0.3 is 10.1 Å². The standard InChI is InChI=1S/C25H27ClFN3O3S/c1-15(2)12-28-23(31)16-6-8-20-22(10-16)29-25(30(24(20)32)13-19-4-3-9-33-19)34-14-17-5-7-18(27)11-21(17)26/h5-8,10-11,15,19H,3-4,9,12-14H2,1-2H3,(H,28,31). The normalized spacial score (nSPS) is 15.9. The molecule has 0 radical (unpaired) electrons. The fourth-order valence-electron chi connectivity index (χ4n) is 3.78. The van der Waals surface area contributed by atoms with Gasteiger partial charge in [0.2, 0.25) is 0 Å². The molecule has 1 aliphatic rings. The van der Waals surface area contributed by atoms with Gasteiger partial charge in [-0.3, -0.25) is 14.2 Å². The van der Waals surface area contributed by atoms with Crippen molar-refractivity contribution in [2.24, 2.45) is 5.92 Å². The second kappa shape index (κ2) is 10.9. The van der Waals surface area contributed by atoms with Crippen LogP contribution in [0.15, 0.2) is 46.3 Å². The molecule has 1 N–H and O–H groups in total.